The van der Waals surface area contributed by atoms with Crippen molar-refractivity contribution in [3.8, 4) is 5.75 Å². The van der Waals surface area contributed by atoms with Gasteiger partial charge in [-0.15, -0.1) is 16.8 Å². The fourth-order valence-electron chi connectivity index (χ4n) is 3.11. The van der Waals surface area contributed by atoms with E-state index in [0.29, 0.717) is 34.5 Å². The van der Waals surface area contributed by atoms with Crippen LogP contribution < -0.4 is 15.4 Å². The summed E-state index contributed by atoms with van der Waals surface area (Å²) in [7, 11) is 1.55. The van der Waals surface area contributed by atoms with Gasteiger partial charge in [-0.2, -0.15) is 0 Å². The summed E-state index contributed by atoms with van der Waals surface area (Å²) in [4.78, 5) is 35.2. The second-order valence-corrected chi connectivity index (χ2v) is 8.25. The summed E-state index contributed by atoms with van der Waals surface area (Å²) in [5, 5.41) is 25.2. The van der Waals surface area contributed by atoms with Gasteiger partial charge in [0.25, 0.3) is 11.6 Å². The highest BCUT2D eigenvalue weighted by Gasteiger charge is 2.20. The summed E-state index contributed by atoms with van der Waals surface area (Å²) in [6.07, 6.45) is 1.67. The average molecular weight is 497 g/mol. The highest BCUT2D eigenvalue weighted by molar-refractivity contribution is 7.99. The Hall–Kier alpha value is -4.19. The summed E-state index contributed by atoms with van der Waals surface area (Å²) in [6, 6.07) is 11.8. The highest BCUT2D eigenvalue weighted by atomic mass is 32.2. The van der Waals surface area contributed by atoms with Crippen LogP contribution >= 0.6 is 11.8 Å². The number of aromatic nitrogens is 3. The molecule has 11 nitrogen and oxygen atoms in total. The second kappa shape index (κ2) is 11.8. The molecule has 0 saturated carbocycles. The van der Waals surface area contributed by atoms with Crippen LogP contribution in [-0.4, -0.2) is 44.4 Å². The zero-order valence-corrected chi connectivity index (χ0v) is 19.9. The van der Waals surface area contributed by atoms with Crippen LogP contribution in [0.1, 0.15) is 29.1 Å². The van der Waals surface area contributed by atoms with E-state index < -0.39 is 11.0 Å². The minimum atomic E-state index is -0.508. The van der Waals surface area contributed by atoms with Crippen molar-refractivity contribution in [3.05, 3.63) is 82.7 Å². The van der Waals surface area contributed by atoms with Crippen LogP contribution in [0.25, 0.3) is 0 Å². The van der Waals surface area contributed by atoms with Crippen LogP contribution in [0.5, 0.6) is 5.75 Å². The summed E-state index contributed by atoms with van der Waals surface area (Å²) < 4.78 is 6.89. The molecule has 0 aliphatic rings. The molecule has 12 heteroatoms. The molecule has 0 bridgehead atoms. The van der Waals surface area contributed by atoms with Gasteiger partial charge in [-0.3, -0.25) is 19.7 Å². The molecular weight excluding hydrogens is 472 g/mol. The normalized spacial score (nSPS) is 11.4. The zero-order valence-electron chi connectivity index (χ0n) is 19.1. The molecule has 182 valence electrons. The lowest BCUT2D eigenvalue weighted by Crippen LogP contribution is -2.28. The van der Waals surface area contributed by atoms with Gasteiger partial charge < -0.3 is 19.9 Å². The number of thioether (sulfide) groups is 1. The quantitative estimate of drug-likeness (QED) is 0.177. The van der Waals surface area contributed by atoms with Gasteiger partial charge in [0.15, 0.2) is 11.0 Å². The topological polar surface area (TPSA) is 141 Å². The van der Waals surface area contributed by atoms with Crippen molar-refractivity contribution in [1.29, 1.82) is 0 Å². The first-order valence-corrected chi connectivity index (χ1v) is 11.5. The Morgan fingerprint density at radius 2 is 1.89 bits per heavy atom. The number of nitrogens with one attached hydrogen (secondary N) is 2. The number of benzene rings is 2. The Morgan fingerprint density at radius 3 is 2.49 bits per heavy atom. The maximum atomic E-state index is 12.6. The van der Waals surface area contributed by atoms with Crippen molar-refractivity contribution in [2.24, 2.45) is 0 Å². The van der Waals surface area contributed by atoms with E-state index in [-0.39, 0.29) is 23.3 Å². The lowest BCUT2D eigenvalue weighted by atomic mass is 10.2. The molecule has 1 atom stereocenters. The average Bonchev–Trinajstić information content (AvgIpc) is 3.26. The Bertz CT molecular complexity index is 1210. The molecule has 3 aromatic rings. The number of carbonyl (C=O) groups excluding carboxylic acids is 2. The molecule has 0 saturated heterocycles. The van der Waals surface area contributed by atoms with Crippen molar-refractivity contribution in [2.75, 3.05) is 18.2 Å². The van der Waals surface area contributed by atoms with Gasteiger partial charge in [0, 0.05) is 29.9 Å². The molecule has 1 unspecified atom stereocenters. The molecule has 0 aliphatic heterocycles. The molecule has 2 aromatic carbocycles. The molecule has 35 heavy (non-hydrogen) atoms. The van der Waals surface area contributed by atoms with E-state index in [0.717, 1.165) is 0 Å². The van der Waals surface area contributed by atoms with E-state index in [1.807, 2.05) is 0 Å². The van der Waals surface area contributed by atoms with Gasteiger partial charge in [0.1, 0.15) is 5.75 Å². The van der Waals surface area contributed by atoms with E-state index in [1.54, 1.807) is 48.9 Å². The zero-order chi connectivity index (χ0) is 25.4. The Labute approximate surface area is 205 Å². The second-order valence-electron chi connectivity index (χ2n) is 7.30. The van der Waals surface area contributed by atoms with E-state index in [1.165, 1.54) is 36.0 Å². The number of allylic oxidation sites excluding steroid dienone is 1. The predicted molar refractivity (Wildman–Crippen MR) is 132 cm³/mol. The number of amides is 2. The van der Waals surface area contributed by atoms with E-state index in [4.69, 9.17) is 4.74 Å². The number of nitrogens with zero attached hydrogens (tertiary/aromatic N) is 4. The predicted octanol–water partition coefficient (Wildman–Crippen LogP) is 3.60. The highest BCUT2D eigenvalue weighted by Crippen LogP contribution is 2.22. The minimum absolute atomic E-state index is 0.0405. The Kier molecular flexibility index (Phi) is 8.57. The number of ether oxygens (including phenoxy) is 1. The molecule has 1 heterocycles. The molecule has 1 aromatic heterocycles. The number of hydrogen-bond acceptors (Lipinski definition) is 8. The van der Waals surface area contributed by atoms with Crippen molar-refractivity contribution in [1.82, 2.24) is 20.1 Å². The lowest BCUT2D eigenvalue weighted by Gasteiger charge is -2.15. The van der Waals surface area contributed by atoms with Crippen LogP contribution in [0.4, 0.5) is 11.4 Å². The largest absolute Gasteiger partial charge is 0.497 e. The van der Waals surface area contributed by atoms with E-state index in [9.17, 15) is 19.7 Å². The minimum Gasteiger partial charge on any atom is -0.497 e. The summed E-state index contributed by atoms with van der Waals surface area (Å²) in [6.45, 7) is 5.94. The molecular formula is C23H24N6O5S. The first-order chi connectivity index (χ1) is 16.8. The number of hydrogen-bond donors (Lipinski definition) is 2. The summed E-state index contributed by atoms with van der Waals surface area (Å²) >= 11 is 1.17. The van der Waals surface area contributed by atoms with Crippen molar-refractivity contribution in [2.45, 2.75) is 24.7 Å². The van der Waals surface area contributed by atoms with Gasteiger partial charge in [-0.25, -0.2) is 0 Å². The number of methoxy groups -OCH3 is 1. The van der Waals surface area contributed by atoms with Crippen LogP contribution in [0.15, 0.2) is 66.3 Å². The van der Waals surface area contributed by atoms with E-state index >= 15 is 0 Å². The summed E-state index contributed by atoms with van der Waals surface area (Å²) in [5.74, 6) is 0.632. The molecule has 0 spiro atoms. The van der Waals surface area contributed by atoms with Crippen molar-refractivity contribution < 1.29 is 19.2 Å². The van der Waals surface area contributed by atoms with Gasteiger partial charge >= 0.3 is 0 Å². The van der Waals surface area contributed by atoms with Gasteiger partial charge in [-0.05, 0) is 43.3 Å². The third-order valence-electron chi connectivity index (χ3n) is 4.84. The third-order valence-corrected chi connectivity index (χ3v) is 5.81. The Balaban J connectivity index is 1.63. The van der Waals surface area contributed by atoms with Crippen molar-refractivity contribution in [3.63, 3.8) is 0 Å². The lowest BCUT2D eigenvalue weighted by molar-refractivity contribution is -0.384. The van der Waals surface area contributed by atoms with Crippen molar-refractivity contribution >= 4 is 35.0 Å². The SMILES string of the molecule is C=CCn1c(SCC(=O)Nc2ccc([N+](=O)[O-])cc2)nnc1C(C)NC(=O)c1ccc(OC)cc1. The fraction of sp³-hybridized carbons (Fsp3) is 0.217. The fourth-order valence-corrected chi connectivity index (χ4v) is 3.86. The monoisotopic (exact) mass is 496 g/mol. The molecule has 2 N–H and O–H groups in total. The van der Waals surface area contributed by atoms with Gasteiger partial charge in [0.2, 0.25) is 5.91 Å². The van der Waals surface area contributed by atoms with Crippen LogP contribution in [0.2, 0.25) is 0 Å². The first kappa shape index (κ1) is 25.4. The van der Waals surface area contributed by atoms with Crippen LogP contribution in [-0.2, 0) is 11.3 Å². The van der Waals surface area contributed by atoms with Gasteiger partial charge in [-0.1, -0.05) is 17.8 Å². The Morgan fingerprint density at radius 1 is 1.20 bits per heavy atom. The smallest absolute Gasteiger partial charge is 0.269 e. The van der Waals surface area contributed by atoms with Crippen LogP contribution in [0.3, 0.4) is 0 Å². The number of nitro groups is 1. The molecule has 0 radical (unpaired) electrons. The standard InChI is InChI=1S/C23H24N6O5S/c1-4-13-28-21(15(2)24-22(31)16-5-11-19(34-3)12-6-16)26-27-23(28)35-14-20(30)25-17-7-9-18(10-8-17)29(32)33/h4-12,15H,1,13-14H2,2-3H3,(H,24,31)(H,25,30). The maximum absolute atomic E-state index is 12.6. The summed E-state index contributed by atoms with van der Waals surface area (Å²) in [5.41, 5.74) is 0.866. The maximum Gasteiger partial charge on any atom is 0.269 e. The first-order valence-electron chi connectivity index (χ1n) is 10.5. The number of rotatable bonds is 11. The number of carbonyl (C=O) groups is 2. The van der Waals surface area contributed by atoms with Crippen LogP contribution in [0, 0.1) is 10.1 Å². The molecule has 2 amide bonds. The number of anilines is 1. The molecule has 0 aliphatic carbocycles. The number of nitro benzene ring substituents is 1. The van der Waals surface area contributed by atoms with E-state index in [2.05, 4.69) is 27.4 Å². The van der Waals surface area contributed by atoms with Gasteiger partial charge in [0.05, 0.1) is 23.8 Å². The third kappa shape index (κ3) is 6.67. The number of non-ortho nitro benzene ring substituents is 1. The molecule has 3 rings (SSSR count). The molecule has 0 fully saturated rings.